The van der Waals surface area contributed by atoms with Crippen molar-refractivity contribution in [2.75, 3.05) is 0 Å². The molecule has 0 aliphatic heterocycles. The molecule has 0 N–H and O–H groups in total. The first-order chi connectivity index (χ1) is 16.3. The van der Waals surface area contributed by atoms with Gasteiger partial charge in [0.05, 0.1) is 0 Å². The van der Waals surface area contributed by atoms with Crippen LogP contribution in [-0.2, 0) is 0 Å². The summed E-state index contributed by atoms with van der Waals surface area (Å²) in [5.74, 6) is 0. The number of hydrogen-bond acceptors (Lipinski definition) is 0. The van der Waals surface area contributed by atoms with E-state index in [1.165, 1.54) is 76.8 Å². The van der Waals surface area contributed by atoms with E-state index in [9.17, 15) is 0 Å². The van der Waals surface area contributed by atoms with Gasteiger partial charge >= 0.3 is 0 Å². The van der Waals surface area contributed by atoms with Gasteiger partial charge in [0.25, 0.3) is 0 Å². The molecule has 0 unspecified atom stereocenters. The largest absolute Gasteiger partial charge is 0.0563 e. The second-order valence-electron chi connectivity index (χ2n) is 9.64. The van der Waals surface area contributed by atoms with Crippen molar-refractivity contribution in [3.8, 4) is 22.3 Å². The molecule has 0 saturated heterocycles. The van der Waals surface area contributed by atoms with Gasteiger partial charge in [-0.2, -0.15) is 0 Å². The van der Waals surface area contributed by atoms with E-state index in [4.69, 9.17) is 0 Å². The van der Waals surface area contributed by atoms with Crippen molar-refractivity contribution < 1.29 is 0 Å². The maximum Gasteiger partial charge on any atom is 0.0333 e. The van der Waals surface area contributed by atoms with Crippen molar-refractivity contribution in [3.63, 3.8) is 0 Å². The lowest BCUT2D eigenvalue weighted by molar-refractivity contribution is 1.38. The van der Waals surface area contributed by atoms with E-state index in [0.717, 1.165) is 8.95 Å². The zero-order valence-corrected chi connectivity index (χ0v) is 22.9. The number of aryl methyl sites for hydroxylation is 4. The van der Waals surface area contributed by atoms with Crippen LogP contribution in [0, 0.1) is 27.7 Å². The molecule has 0 fully saturated rings. The van der Waals surface area contributed by atoms with E-state index in [2.05, 4.69) is 132 Å². The summed E-state index contributed by atoms with van der Waals surface area (Å²) in [4.78, 5) is 0. The third-order valence-corrected chi connectivity index (χ3v) is 8.39. The fourth-order valence-corrected chi connectivity index (χ4v) is 6.72. The van der Waals surface area contributed by atoms with Crippen molar-refractivity contribution in [1.82, 2.24) is 0 Å². The Morgan fingerprint density at radius 2 is 1.03 bits per heavy atom. The fraction of sp³-hybridized carbons (Fsp3) is 0.125. The summed E-state index contributed by atoms with van der Waals surface area (Å²) in [7, 11) is 0. The molecule has 0 heterocycles. The highest BCUT2D eigenvalue weighted by Crippen LogP contribution is 2.47. The molecule has 34 heavy (non-hydrogen) atoms. The summed E-state index contributed by atoms with van der Waals surface area (Å²) >= 11 is 7.87. The number of benzene rings is 6. The Balaban J connectivity index is 1.80. The summed E-state index contributed by atoms with van der Waals surface area (Å²) < 4.78 is 2.29. The lowest BCUT2D eigenvalue weighted by Gasteiger charge is -2.19. The van der Waals surface area contributed by atoms with E-state index >= 15 is 0 Å². The zero-order chi connectivity index (χ0) is 23.7. The topological polar surface area (TPSA) is 0 Å². The van der Waals surface area contributed by atoms with Gasteiger partial charge in [0.1, 0.15) is 0 Å². The predicted octanol–water partition coefficient (Wildman–Crippen LogP) is 10.7. The SMILES string of the molecule is Cc1cc(C)cc(-c2cc3ccc4c(Br)ccc5c(-c6cc(C)cc(C)c6)cc(c2Br)c3c45)c1. The van der Waals surface area contributed by atoms with Crippen LogP contribution in [0.4, 0.5) is 0 Å². The minimum Gasteiger partial charge on any atom is -0.0563 e. The van der Waals surface area contributed by atoms with E-state index < -0.39 is 0 Å². The van der Waals surface area contributed by atoms with E-state index in [0.29, 0.717) is 0 Å². The smallest absolute Gasteiger partial charge is 0.0333 e. The molecule has 0 aliphatic rings. The second-order valence-corrected chi connectivity index (χ2v) is 11.3. The molecule has 0 nitrogen and oxygen atoms in total. The minimum absolute atomic E-state index is 1.13. The van der Waals surface area contributed by atoms with Gasteiger partial charge in [-0.15, -0.1) is 0 Å². The molecule has 166 valence electrons. The molecule has 0 bridgehead atoms. The molecule has 0 aromatic heterocycles. The Kier molecular flexibility index (Phi) is 5.09. The maximum atomic E-state index is 4.05. The van der Waals surface area contributed by atoms with Gasteiger partial charge < -0.3 is 0 Å². The van der Waals surface area contributed by atoms with E-state index in [1.807, 2.05) is 0 Å². The van der Waals surface area contributed by atoms with Crippen molar-refractivity contribution in [3.05, 3.63) is 104 Å². The Morgan fingerprint density at radius 1 is 0.471 bits per heavy atom. The van der Waals surface area contributed by atoms with Gasteiger partial charge in [-0.3, -0.25) is 0 Å². The number of halogens is 2. The number of hydrogen-bond donors (Lipinski definition) is 0. The van der Waals surface area contributed by atoms with Crippen LogP contribution in [0.1, 0.15) is 22.3 Å². The van der Waals surface area contributed by atoms with Gasteiger partial charge in [-0.25, -0.2) is 0 Å². The standard InChI is InChI=1S/C32H24Br2/c1-17-9-18(2)12-22(11-17)26-16-28-30-21(5-6-25-29(33)8-7-24(26)31(25)30)15-27(32(28)34)23-13-19(3)10-20(4)14-23/h5-16H,1-4H3. The molecule has 0 atom stereocenters. The third kappa shape index (κ3) is 3.39. The Morgan fingerprint density at radius 3 is 1.65 bits per heavy atom. The summed E-state index contributed by atoms with van der Waals surface area (Å²) in [6, 6.07) is 27.4. The summed E-state index contributed by atoms with van der Waals surface area (Å²) in [6.07, 6.45) is 0. The third-order valence-electron chi connectivity index (χ3n) is 6.85. The average molecular weight is 568 g/mol. The Bertz CT molecular complexity index is 1720. The summed E-state index contributed by atoms with van der Waals surface area (Å²) in [6.45, 7) is 8.70. The highest BCUT2D eigenvalue weighted by atomic mass is 79.9. The predicted molar refractivity (Wildman–Crippen MR) is 155 cm³/mol. The van der Waals surface area contributed by atoms with E-state index in [-0.39, 0.29) is 0 Å². The van der Waals surface area contributed by atoms with Crippen LogP contribution in [0.25, 0.3) is 54.6 Å². The molecule has 0 spiro atoms. The van der Waals surface area contributed by atoms with Crippen molar-refractivity contribution >= 4 is 64.2 Å². The van der Waals surface area contributed by atoms with Crippen LogP contribution in [0.15, 0.2) is 81.7 Å². The van der Waals surface area contributed by atoms with Crippen LogP contribution >= 0.6 is 31.9 Å². The lowest BCUT2D eigenvalue weighted by atomic mass is 9.86. The minimum atomic E-state index is 1.13. The summed E-state index contributed by atoms with van der Waals surface area (Å²) in [5, 5.41) is 7.74. The first kappa shape index (κ1) is 21.8. The molecule has 6 rings (SSSR count). The molecule has 0 aliphatic carbocycles. The molecular formula is C32H24Br2. The molecule has 0 saturated carbocycles. The molecular weight excluding hydrogens is 544 g/mol. The van der Waals surface area contributed by atoms with Crippen molar-refractivity contribution in [2.24, 2.45) is 0 Å². The van der Waals surface area contributed by atoms with Crippen molar-refractivity contribution in [1.29, 1.82) is 0 Å². The zero-order valence-electron chi connectivity index (χ0n) is 19.7. The highest BCUT2D eigenvalue weighted by molar-refractivity contribution is 9.11. The van der Waals surface area contributed by atoms with Crippen LogP contribution in [0.3, 0.4) is 0 Å². The van der Waals surface area contributed by atoms with Gasteiger partial charge in [-0.05, 0) is 116 Å². The first-order valence-electron chi connectivity index (χ1n) is 11.6. The number of rotatable bonds is 2. The average Bonchev–Trinajstić information content (AvgIpc) is 2.78. The van der Waals surface area contributed by atoms with Crippen LogP contribution in [0.2, 0.25) is 0 Å². The van der Waals surface area contributed by atoms with Crippen LogP contribution < -0.4 is 0 Å². The molecule has 0 amide bonds. The first-order valence-corrected chi connectivity index (χ1v) is 13.2. The second kappa shape index (κ2) is 7.93. The molecule has 0 radical (unpaired) electrons. The van der Waals surface area contributed by atoms with Gasteiger partial charge in [0.2, 0.25) is 0 Å². The lowest BCUT2D eigenvalue weighted by Crippen LogP contribution is -1.93. The Labute approximate surface area is 217 Å². The van der Waals surface area contributed by atoms with Gasteiger partial charge in [-0.1, -0.05) is 92.8 Å². The maximum absolute atomic E-state index is 4.05. The molecule has 2 heteroatoms. The molecule has 6 aromatic rings. The normalized spacial score (nSPS) is 11.8. The van der Waals surface area contributed by atoms with Gasteiger partial charge in [0.15, 0.2) is 0 Å². The Hall–Kier alpha value is -2.68. The fourth-order valence-electron chi connectivity index (χ4n) is 5.60. The highest BCUT2D eigenvalue weighted by Gasteiger charge is 2.19. The van der Waals surface area contributed by atoms with Crippen molar-refractivity contribution in [2.45, 2.75) is 27.7 Å². The van der Waals surface area contributed by atoms with Crippen LogP contribution in [-0.4, -0.2) is 0 Å². The summed E-state index contributed by atoms with van der Waals surface area (Å²) in [5.41, 5.74) is 10.2. The quantitative estimate of drug-likeness (QED) is 0.182. The van der Waals surface area contributed by atoms with Crippen LogP contribution in [0.5, 0.6) is 0 Å². The van der Waals surface area contributed by atoms with E-state index in [1.54, 1.807) is 0 Å². The monoisotopic (exact) mass is 566 g/mol. The molecule has 6 aromatic carbocycles. The van der Waals surface area contributed by atoms with Gasteiger partial charge in [0, 0.05) is 8.95 Å².